The molecule has 5 nitrogen and oxygen atoms in total. The number of hydrogen-bond donors (Lipinski definition) is 2. The van der Waals surface area contributed by atoms with Crippen molar-refractivity contribution in [1.29, 1.82) is 0 Å². The third-order valence-corrected chi connectivity index (χ3v) is 1.64. The molecule has 0 unspecified atom stereocenters. The molecule has 0 heterocycles. The molecule has 15 heavy (non-hydrogen) atoms. The molecule has 5 heteroatoms. The number of anilines is 1. The fourth-order valence-corrected chi connectivity index (χ4v) is 1.03. The van der Waals surface area contributed by atoms with Crippen LogP contribution in [-0.4, -0.2) is 17.2 Å². The SMILES string of the molecule is CC(=O)Nc1ccc(COC(=O)O)cc1. The highest BCUT2D eigenvalue weighted by atomic mass is 16.7. The van der Waals surface area contributed by atoms with Crippen LogP contribution in [0.15, 0.2) is 24.3 Å². The van der Waals surface area contributed by atoms with Crippen molar-refractivity contribution >= 4 is 17.7 Å². The first-order valence-corrected chi connectivity index (χ1v) is 4.30. The van der Waals surface area contributed by atoms with Crippen molar-refractivity contribution in [3.05, 3.63) is 29.8 Å². The highest BCUT2D eigenvalue weighted by molar-refractivity contribution is 5.88. The van der Waals surface area contributed by atoms with Crippen LogP contribution in [-0.2, 0) is 16.1 Å². The molecular formula is C10H11NO4. The van der Waals surface area contributed by atoms with Gasteiger partial charge in [-0.15, -0.1) is 0 Å². The van der Waals surface area contributed by atoms with Gasteiger partial charge in [0.2, 0.25) is 5.91 Å². The van der Waals surface area contributed by atoms with Crippen molar-refractivity contribution in [3.8, 4) is 0 Å². The molecule has 0 saturated heterocycles. The van der Waals surface area contributed by atoms with E-state index in [9.17, 15) is 9.59 Å². The Morgan fingerprint density at radius 3 is 2.40 bits per heavy atom. The van der Waals surface area contributed by atoms with Gasteiger partial charge in [-0.2, -0.15) is 0 Å². The molecule has 0 aliphatic rings. The molecule has 1 aromatic rings. The van der Waals surface area contributed by atoms with Crippen LogP contribution in [0.1, 0.15) is 12.5 Å². The summed E-state index contributed by atoms with van der Waals surface area (Å²) in [6.45, 7) is 1.43. The normalized spacial score (nSPS) is 9.40. The quantitative estimate of drug-likeness (QED) is 0.745. The minimum absolute atomic E-state index is 0.00961. The summed E-state index contributed by atoms with van der Waals surface area (Å²) in [6, 6.07) is 6.74. The lowest BCUT2D eigenvalue weighted by molar-refractivity contribution is -0.114. The Labute approximate surface area is 86.7 Å². The maximum atomic E-state index is 10.7. The monoisotopic (exact) mass is 209 g/mol. The first-order chi connectivity index (χ1) is 7.08. The lowest BCUT2D eigenvalue weighted by Crippen LogP contribution is -2.05. The van der Waals surface area contributed by atoms with Crippen LogP contribution in [0.4, 0.5) is 10.5 Å². The second-order valence-electron chi connectivity index (χ2n) is 2.93. The van der Waals surface area contributed by atoms with Gasteiger partial charge in [0.15, 0.2) is 0 Å². The number of nitrogens with one attached hydrogen (secondary N) is 1. The molecule has 0 radical (unpaired) electrons. The summed E-state index contributed by atoms with van der Waals surface area (Å²) in [5.41, 5.74) is 1.40. The van der Waals surface area contributed by atoms with E-state index in [0.717, 1.165) is 5.56 Å². The summed E-state index contributed by atoms with van der Waals surface area (Å²) in [6.07, 6.45) is -1.30. The Bertz CT molecular complexity index is 358. The van der Waals surface area contributed by atoms with E-state index >= 15 is 0 Å². The van der Waals surface area contributed by atoms with Crippen LogP contribution in [0, 0.1) is 0 Å². The van der Waals surface area contributed by atoms with Gasteiger partial charge in [0.1, 0.15) is 6.61 Å². The second kappa shape index (κ2) is 4.99. The molecule has 2 N–H and O–H groups in total. The van der Waals surface area contributed by atoms with Crippen LogP contribution in [0.5, 0.6) is 0 Å². The summed E-state index contributed by atoms with van der Waals surface area (Å²) < 4.78 is 4.38. The Kier molecular flexibility index (Phi) is 3.68. The van der Waals surface area contributed by atoms with Crippen LogP contribution in [0.3, 0.4) is 0 Å². The summed E-state index contributed by atoms with van der Waals surface area (Å²) in [4.78, 5) is 20.8. The van der Waals surface area contributed by atoms with Gasteiger partial charge in [0.05, 0.1) is 0 Å². The molecule has 1 aromatic carbocycles. The minimum atomic E-state index is -1.30. The van der Waals surface area contributed by atoms with Crippen molar-refractivity contribution in [1.82, 2.24) is 0 Å². The van der Waals surface area contributed by atoms with E-state index in [2.05, 4.69) is 10.1 Å². The first-order valence-electron chi connectivity index (χ1n) is 4.30. The third-order valence-electron chi connectivity index (χ3n) is 1.64. The van der Waals surface area contributed by atoms with Crippen LogP contribution in [0.25, 0.3) is 0 Å². The highest BCUT2D eigenvalue weighted by Crippen LogP contribution is 2.10. The van der Waals surface area contributed by atoms with Gasteiger partial charge in [0.25, 0.3) is 0 Å². The Balaban J connectivity index is 2.56. The molecule has 0 spiro atoms. The summed E-state index contributed by atoms with van der Waals surface area (Å²) >= 11 is 0. The molecule has 0 atom stereocenters. The lowest BCUT2D eigenvalue weighted by atomic mass is 10.2. The average molecular weight is 209 g/mol. The zero-order valence-corrected chi connectivity index (χ0v) is 8.19. The van der Waals surface area contributed by atoms with Crippen LogP contribution >= 0.6 is 0 Å². The number of hydrogen-bond acceptors (Lipinski definition) is 3. The maximum absolute atomic E-state index is 10.7. The van der Waals surface area contributed by atoms with Crippen LogP contribution < -0.4 is 5.32 Å². The van der Waals surface area contributed by atoms with Crippen molar-refractivity contribution in [3.63, 3.8) is 0 Å². The zero-order valence-electron chi connectivity index (χ0n) is 8.19. The van der Waals surface area contributed by atoms with E-state index < -0.39 is 6.16 Å². The summed E-state index contributed by atoms with van der Waals surface area (Å²) in [7, 11) is 0. The number of carbonyl (C=O) groups is 2. The number of carbonyl (C=O) groups excluding carboxylic acids is 1. The maximum Gasteiger partial charge on any atom is 0.506 e. The smallest absolute Gasteiger partial charge is 0.450 e. The number of benzene rings is 1. The van der Waals surface area contributed by atoms with Crippen molar-refractivity contribution < 1.29 is 19.4 Å². The van der Waals surface area contributed by atoms with Crippen LogP contribution in [0.2, 0.25) is 0 Å². The van der Waals surface area contributed by atoms with E-state index in [4.69, 9.17) is 5.11 Å². The van der Waals surface area contributed by atoms with Crippen molar-refractivity contribution in [2.24, 2.45) is 0 Å². The number of carboxylic acid groups (broad SMARTS) is 1. The van der Waals surface area contributed by atoms with Gasteiger partial charge in [-0.1, -0.05) is 12.1 Å². The zero-order chi connectivity index (χ0) is 11.3. The van der Waals surface area contributed by atoms with E-state index in [1.807, 2.05) is 0 Å². The number of ether oxygens (including phenoxy) is 1. The molecule has 0 aliphatic heterocycles. The molecule has 0 saturated carbocycles. The van der Waals surface area contributed by atoms with Crippen molar-refractivity contribution in [2.45, 2.75) is 13.5 Å². The molecular weight excluding hydrogens is 198 g/mol. The topological polar surface area (TPSA) is 75.6 Å². The molecule has 0 aliphatic carbocycles. The van der Waals surface area contributed by atoms with E-state index in [0.29, 0.717) is 5.69 Å². The summed E-state index contributed by atoms with van der Waals surface area (Å²) in [5, 5.41) is 10.9. The van der Waals surface area contributed by atoms with Gasteiger partial charge in [-0.3, -0.25) is 4.79 Å². The standard InChI is InChI=1S/C10H11NO4/c1-7(12)11-9-4-2-8(3-5-9)6-15-10(13)14/h2-5H,6H2,1H3,(H,11,12)(H,13,14). The fraction of sp³-hybridized carbons (Fsp3) is 0.200. The van der Waals surface area contributed by atoms with Gasteiger partial charge < -0.3 is 15.2 Å². The first kappa shape index (κ1) is 11.0. The number of rotatable bonds is 3. The Hall–Kier alpha value is -2.04. The largest absolute Gasteiger partial charge is 0.506 e. The fourth-order valence-electron chi connectivity index (χ4n) is 1.03. The molecule has 1 amide bonds. The predicted octanol–water partition coefficient (Wildman–Crippen LogP) is 1.84. The van der Waals surface area contributed by atoms with Gasteiger partial charge in [0, 0.05) is 12.6 Å². The van der Waals surface area contributed by atoms with Gasteiger partial charge in [-0.25, -0.2) is 4.79 Å². The van der Waals surface area contributed by atoms with Gasteiger partial charge in [-0.05, 0) is 17.7 Å². The van der Waals surface area contributed by atoms with E-state index in [1.165, 1.54) is 6.92 Å². The average Bonchev–Trinajstić information content (AvgIpc) is 2.16. The molecule has 80 valence electrons. The van der Waals surface area contributed by atoms with E-state index in [1.54, 1.807) is 24.3 Å². The number of amides is 1. The second-order valence-corrected chi connectivity index (χ2v) is 2.93. The molecule has 0 aromatic heterocycles. The lowest BCUT2D eigenvalue weighted by Gasteiger charge is -2.04. The molecule has 0 bridgehead atoms. The Morgan fingerprint density at radius 2 is 1.93 bits per heavy atom. The minimum Gasteiger partial charge on any atom is -0.450 e. The predicted molar refractivity (Wildman–Crippen MR) is 53.6 cm³/mol. The molecule has 1 rings (SSSR count). The molecule has 0 fully saturated rings. The highest BCUT2D eigenvalue weighted by Gasteiger charge is 1.99. The Morgan fingerprint density at radius 1 is 1.33 bits per heavy atom. The summed E-state index contributed by atoms with van der Waals surface area (Å²) in [5.74, 6) is -0.149. The third kappa shape index (κ3) is 4.12. The van der Waals surface area contributed by atoms with Gasteiger partial charge >= 0.3 is 6.16 Å². The van der Waals surface area contributed by atoms with E-state index in [-0.39, 0.29) is 12.5 Å². The van der Waals surface area contributed by atoms with Crippen molar-refractivity contribution in [2.75, 3.05) is 5.32 Å².